The average molecular weight is 243 g/mol. The normalized spacial score (nSPS) is 14.7. The second-order valence-corrected chi connectivity index (χ2v) is 5.07. The predicted octanol–water partition coefficient (Wildman–Crippen LogP) is 2.99. The van der Waals surface area contributed by atoms with E-state index in [9.17, 15) is 4.79 Å². The molecule has 0 radical (unpaired) electrons. The van der Waals surface area contributed by atoms with Gasteiger partial charge < -0.3 is 10.1 Å². The first-order chi connectivity index (χ1) is 8.06. The van der Waals surface area contributed by atoms with Crippen molar-refractivity contribution in [3.05, 3.63) is 0 Å². The number of carbonyl (C=O) groups is 1. The Labute approximate surface area is 106 Å². The van der Waals surface area contributed by atoms with Crippen molar-refractivity contribution in [1.82, 2.24) is 5.32 Å². The average Bonchev–Trinajstić information content (AvgIpc) is 2.32. The maximum atomic E-state index is 11.6. The van der Waals surface area contributed by atoms with Crippen LogP contribution in [0.25, 0.3) is 0 Å². The summed E-state index contributed by atoms with van der Waals surface area (Å²) < 4.78 is 4.82. The van der Waals surface area contributed by atoms with Gasteiger partial charge in [0.05, 0.1) is 7.11 Å². The van der Waals surface area contributed by atoms with Gasteiger partial charge >= 0.3 is 5.97 Å². The number of nitrogens with one attached hydrogen (secondary N) is 1. The Kier molecular flexibility index (Phi) is 9.14. The van der Waals surface area contributed by atoms with Gasteiger partial charge in [-0.05, 0) is 24.8 Å². The van der Waals surface area contributed by atoms with Crippen LogP contribution in [0.3, 0.4) is 0 Å². The van der Waals surface area contributed by atoms with Crippen molar-refractivity contribution in [1.29, 1.82) is 0 Å². The summed E-state index contributed by atoms with van der Waals surface area (Å²) in [5.74, 6) is 0.789. The Morgan fingerprint density at radius 2 is 1.94 bits per heavy atom. The van der Waals surface area contributed by atoms with Crippen LogP contribution in [0.1, 0.15) is 53.4 Å². The second kappa shape index (κ2) is 9.46. The molecule has 0 aliphatic carbocycles. The third-order valence-electron chi connectivity index (χ3n) is 3.29. The third-order valence-corrected chi connectivity index (χ3v) is 3.29. The molecule has 0 aromatic heterocycles. The molecular weight excluding hydrogens is 214 g/mol. The standard InChI is InChI=1S/C14H29NO2/c1-6-8-9-12(7-2)10-15-13(11(3)4)14(16)17-5/h11-13,15H,6-10H2,1-5H3. The highest BCUT2D eigenvalue weighted by Crippen LogP contribution is 2.13. The molecule has 0 amide bonds. The predicted molar refractivity (Wildman–Crippen MR) is 72.0 cm³/mol. The summed E-state index contributed by atoms with van der Waals surface area (Å²) in [5, 5.41) is 3.36. The molecule has 1 N–H and O–H groups in total. The summed E-state index contributed by atoms with van der Waals surface area (Å²) in [6, 6.07) is -0.171. The molecule has 0 fully saturated rings. The van der Waals surface area contributed by atoms with Gasteiger partial charge in [0.15, 0.2) is 0 Å². The van der Waals surface area contributed by atoms with Crippen molar-refractivity contribution in [3.8, 4) is 0 Å². The van der Waals surface area contributed by atoms with Gasteiger partial charge in [-0.25, -0.2) is 0 Å². The Balaban J connectivity index is 4.13. The van der Waals surface area contributed by atoms with Crippen LogP contribution < -0.4 is 5.32 Å². The van der Waals surface area contributed by atoms with Crippen LogP contribution in [0.15, 0.2) is 0 Å². The Bertz CT molecular complexity index is 204. The van der Waals surface area contributed by atoms with Crippen LogP contribution >= 0.6 is 0 Å². The van der Waals surface area contributed by atoms with Crippen molar-refractivity contribution in [2.45, 2.75) is 59.4 Å². The summed E-state index contributed by atoms with van der Waals surface area (Å²) in [7, 11) is 1.45. The highest BCUT2D eigenvalue weighted by molar-refractivity contribution is 5.75. The fourth-order valence-electron chi connectivity index (χ4n) is 1.96. The SMILES string of the molecule is CCCCC(CC)CNC(C(=O)OC)C(C)C. The zero-order valence-corrected chi connectivity index (χ0v) is 12.1. The number of methoxy groups -OCH3 is 1. The lowest BCUT2D eigenvalue weighted by molar-refractivity contribution is -0.144. The number of rotatable bonds is 9. The molecule has 2 unspecified atom stereocenters. The van der Waals surface area contributed by atoms with E-state index in [1.165, 1.54) is 32.8 Å². The molecule has 2 atom stereocenters. The second-order valence-electron chi connectivity index (χ2n) is 5.07. The number of hydrogen-bond donors (Lipinski definition) is 1. The topological polar surface area (TPSA) is 38.3 Å². The largest absolute Gasteiger partial charge is 0.468 e. The molecule has 0 bridgehead atoms. The Morgan fingerprint density at radius 3 is 2.35 bits per heavy atom. The molecule has 3 nitrogen and oxygen atoms in total. The number of esters is 1. The van der Waals surface area contributed by atoms with E-state index in [1.54, 1.807) is 0 Å². The van der Waals surface area contributed by atoms with Crippen molar-refractivity contribution >= 4 is 5.97 Å². The number of hydrogen-bond acceptors (Lipinski definition) is 3. The molecule has 0 rings (SSSR count). The minimum atomic E-state index is -0.171. The summed E-state index contributed by atoms with van der Waals surface area (Å²) in [6.07, 6.45) is 4.91. The quantitative estimate of drug-likeness (QED) is 0.633. The first kappa shape index (κ1) is 16.4. The molecule has 0 saturated heterocycles. The lowest BCUT2D eigenvalue weighted by Gasteiger charge is -2.23. The molecule has 102 valence electrons. The molecule has 0 aromatic carbocycles. The van der Waals surface area contributed by atoms with Crippen LogP contribution in [0.2, 0.25) is 0 Å². The fraction of sp³-hybridized carbons (Fsp3) is 0.929. The van der Waals surface area contributed by atoms with E-state index in [2.05, 4.69) is 19.2 Å². The van der Waals surface area contributed by atoms with Gasteiger partial charge in [0, 0.05) is 0 Å². The number of ether oxygens (including phenoxy) is 1. The van der Waals surface area contributed by atoms with Crippen LogP contribution in [-0.4, -0.2) is 25.7 Å². The first-order valence-corrected chi connectivity index (χ1v) is 6.87. The summed E-state index contributed by atoms with van der Waals surface area (Å²) >= 11 is 0. The summed E-state index contributed by atoms with van der Waals surface area (Å²) in [4.78, 5) is 11.6. The van der Waals surface area contributed by atoms with E-state index in [-0.39, 0.29) is 17.9 Å². The van der Waals surface area contributed by atoms with Crippen LogP contribution in [0, 0.1) is 11.8 Å². The Hall–Kier alpha value is -0.570. The monoisotopic (exact) mass is 243 g/mol. The highest BCUT2D eigenvalue weighted by atomic mass is 16.5. The van der Waals surface area contributed by atoms with Gasteiger partial charge in [0.1, 0.15) is 6.04 Å². The van der Waals surface area contributed by atoms with Crippen molar-refractivity contribution in [2.24, 2.45) is 11.8 Å². The van der Waals surface area contributed by atoms with E-state index >= 15 is 0 Å². The van der Waals surface area contributed by atoms with Gasteiger partial charge in [-0.3, -0.25) is 4.79 Å². The van der Waals surface area contributed by atoms with Gasteiger partial charge in [0.25, 0.3) is 0 Å². The fourth-order valence-corrected chi connectivity index (χ4v) is 1.96. The van der Waals surface area contributed by atoms with Crippen LogP contribution in [0.4, 0.5) is 0 Å². The third kappa shape index (κ3) is 6.67. The molecular formula is C14H29NO2. The maximum Gasteiger partial charge on any atom is 0.323 e. The van der Waals surface area contributed by atoms with Gasteiger partial charge in [-0.1, -0.05) is 47.0 Å². The molecule has 0 aromatic rings. The zero-order valence-electron chi connectivity index (χ0n) is 12.1. The number of unbranched alkanes of at least 4 members (excludes halogenated alkanes) is 1. The molecule has 0 aliphatic heterocycles. The van der Waals surface area contributed by atoms with E-state index in [1.807, 2.05) is 13.8 Å². The van der Waals surface area contributed by atoms with Crippen LogP contribution in [0.5, 0.6) is 0 Å². The smallest absolute Gasteiger partial charge is 0.323 e. The van der Waals surface area contributed by atoms with E-state index in [0.29, 0.717) is 5.92 Å². The minimum absolute atomic E-state index is 0.148. The maximum absolute atomic E-state index is 11.6. The van der Waals surface area contributed by atoms with Crippen molar-refractivity contribution in [3.63, 3.8) is 0 Å². The molecule has 0 spiro atoms. The van der Waals surface area contributed by atoms with E-state index in [0.717, 1.165) is 6.54 Å². The first-order valence-electron chi connectivity index (χ1n) is 6.87. The summed E-state index contributed by atoms with van der Waals surface area (Å²) in [5.41, 5.74) is 0. The van der Waals surface area contributed by atoms with Crippen molar-refractivity contribution < 1.29 is 9.53 Å². The Morgan fingerprint density at radius 1 is 1.29 bits per heavy atom. The lowest BCUT2D eigenvalue weighted by Crippen LogP contribution is -2.43. The van der Waals surface area contributed by atoms with E-state index in [4.69, 9.17) is 4.74 Å². The molecule has 0 heterocycles. The molecule has 17 heavy (non-hydrogen) atoms. The number of carbonyl (C=O) groups excluding carboxylic acids is 1. The minimum Gasteiger partial charge on any atom is -0.468 e. The van der Waals surface area contributed by atoms with Crippen LogP contribution in [-0.2, 0) is 9.53 Å². The molecule has 3 heteroatoms. The molecule has 0 aliphatic rings. The zero-order chi connectivity index (χ0) is 13.3. The van der Waals surface area contributed by atoms with Gasteiger partial charge in [-0.2, -0.15) is 0 Å². The van der Waals surface area contributed by atoms with E-state index < -0.39 is 0 Å². The lowest BCUT2D eigenvalue weighted by atomic mass is 9.97. The highest BCUT2D eigenvalue weighted by Gasteiger charge is 2.23. The molecule has 0 saturated carbocycles. The van der Waals surface area contributed by atoms with Crippen molar-refractivity contribution in [2.75, 3.05) is 13.7 Å². The van der Waals surface area contributed by atoms with Gasteiger partial charge in [0.2, 0.25) is 0 Å². The van der Waals surface area contributed by atoms with Gasteiger partial charge in [-0.15, -0.1) is 0 Å². The summed E-state index contributed by atoms with van der Waals surface area (Å²) in [6.45, 7) is 9.42.